The zero-order valence-corrected chi connectivity index (χ0v) is 12.5. The van der Waals surface area contributed by atoms with Gasteiger partial charge in [-0.1, -0.05) is 12.1 Å². The summed E-state index contributed by atoms with van der Waals surface area (Å²) < 4.78 is 50.6. The van der Waals surface area contributed by atoms with Gasteiger partial charge in [-0.05, 0) is 37.6 Å². The van der Waals surface area contributed by atoms with Crippen LogP contribution in [0.2, 0.25) is 0 Å². The maximum atomic E-state index is 13.0. The van der Waals surface area contributed by atoms with Crippen molar-refractivity contribution < 1.29 is 27.5 Å². The van der Waals surface area contributed by atoms with E-state index in [2.05, 4.69) is 5.32 Å². The van der Waals surface area contributed by atoms with Crippen molar-refractivity contribution in [3.8, 4) is 0 Å². The number of nitrogens with zero attached hydrogens (tertiary/aromatic N) is 1. The molecule has 1 aliphatic carbocycles. The molecule has 2 rings (SSSR count). The summed E-state index contributed by atoms with van der Waals surface area (Å²) in [4.78, 5) is 13.5. The van der Waals surface area contributed by atoms with E-state index in [-0.39, 0.29) is 6.04 Å². The minimum atomic E-state index is -4.77. The van der Waals surface area contributed by atoms with Crippen molar-refractivity contribution >= 4 is 5.91 Å². The average Bonchev–Trinajstić information content (AvgIpc) is 3.24. The van der Waals surface area contributed by atoms with E-state index in [0.29, 0.717) is 5.56 Å². The monoisotopic (exact) mass is 334 g/mol. The second-order valence-corrected chi connectivity index (χ2v) is 5.73. The van der Waals surface area contributed by atoms with Crippen molar-refractivity contribution in [2.45, 2.75) is 37.2 Å². The van der Waals surface area contributed by atoms with Crippen LogP contribution in [-0.2, 0) is 4.79 Å². The minimum absolute atomic E-state index is 0.0337. The zero-order chi connectivity index (χ0) is 17.2. The number of hydrogen-bond donors (Lipinski definition) is 2. The summed E-state index contributed by atoms with van der Waals surface area (Å²) in [5.74, 6) is -0.968. The van der Waals surface area contributed by atoms with Crippen molar-refractivity contribution in [1.29, 1.82) is 0 Å². The van der Waals surface area contributed by atoms with E-state index in [9.17, 15) is 27.5 Å². The van der Waals surface area contributed by atoms with E-state index in [1.165, 1.54) is 19.2 Å². The molecule has 2 N–H and O–H groups in total. The summed E-state index contributed by atoms with van der Waals surface area (Å²) in [5.41, 5.74) is 0.362. The fourth-order valence-corrected chi connectivity index (χ4v) is 2.24. The van der Waals surface area contributed by atoms with Gasteiger partial charge in [0, 0.05) is 12.6 Å². The SMILES string of the molecule is CN(CC(O)C(F)(F)F)C(C(=O)NC1CC1)c1ccc(F)cc1. The number of benzene rings is 1. The molecule has 1 saturated carbocycles. The molecule has 1 aromatic carbocycles. The number of halogens is 4. The number of carbonyl (C=O) groups is 1. The molecule has 8 heteroatoms. The first-order valence-corrected chi connectivity index (χ1v) is 7.19. The first kappa shape index (κ1) is 17.7. The zero-order valence-electron chi connectivity index (χ0n) is 12.5. The lowest BCUT2D eigenvalue weighted by atomic mass is 10.0. The number of aliphatic hydroxyl groups is 1. The molecule has 0 radical (unpaired) electrons. The number of likely N-dealkylation sites (N-methyl/N-ethyl adjacent to an activating group) is 1. The van der Waals surface area contributed by atoms with Gasteiger partial charge < -0.3 is 10.4 Å². The number of rotatable bonds is 6. The van der Waals surface area contributed by atoms with Crippen LogP contribution in [0.15, 0.2) is 24.3 Å². The Morgan fingerprint density at radius 2 is 1.91 bits per heavy atom. The third-order valence-electron chi connectivity index (χ3n) is 3.64. The third kappa shape index (κ3) is 4.90. The van der Waals surface area contributed by atoms with E-state index in [1.54, 1.807) is 0 Å². The van der Waals surface area contributed by atoms with Crippen LogP contribution < -0.4 is 5.32 Å². The molecule has 0 bridgehead atoms. The number of alkyl halides is 3. The first-order chi connectivity index (χ1) is 10.7. The van der Waals surface area contributed by atoms with Gasteiger partial charge in [0.1, 0.15) is 11.9 Å². The molecule has 1 fully saturated rings. The Hall–Kier alpha value is -1.67. The summed E-state index contributed by atoms with van der Waals surface area (Å²) in [6.07, 6.45) is -5.67. The molecule has 0 saturated heterocycles. The maximum Gasteiger partial charge on any atom is 0.415 e. The molecule has 0 heterocycles. The van der Waals surface area contributed by atoms with Crippen molar-refractivity contribution in [1.82, 2.24) is 10.2 Å². The highest BCUT2D eigenvalue weighted by Gasteiger charge is 2.41. The summed E-state index contributed by atoms with van der Waals surface area (Å²) >= 11 is 0. The largest absolute Gasteiger partial charge is 0.415 e. The number of nitrogens with one attached hydrogen (secondary N) is 1. The lowest BCUT2D eigenvalue weighted by Gasteiger charge is -2.30. The van der Waals surface area contributed by atoms with Crippen LogP contribution in [0.3, 0.4) is 0 Å². The smallest absolute Gasteiger partial charge is 0.382 e. The Balaban J connectivity index is 2.17. The molecule has 1 aliphatic rings. The highest BCUT2D eigenvalue weighted by Crippen LogP contribution is 2.27. The lowest BCUT2D eigenvalue weighted by Crippen LogP contribution is -2.45. The van der Waals surface area contributed by atoms with Gasteiger partial charge >= 0.3 is 6.18 Å². The fourth-order valence-electron chi connectivity index (χ4n) is 2.24. The molecule has 128 valence electrons. The molecule has 0 spiro atoms. The average molecular weight is 334 g/mol. The highest BCUT2D eigenvalue weighted by atomic mass is 19.4. The van der Waals surface area contributed by atoms with E-state index in [4.69, 9.17) is 0 Å². The Kier molecular flexibility index (Phi) is 5.26. The molecule has 1 amide bonds. The van der Waals surface area contributed by atoms with Gasteiger partial charge in [0.05, 0.1) is 0 Å². The minimum Gasteiger partial charge on any atom is -0.382 e. The van der Waals surface area contributed by atoms with Crippen LogP contribution in [-0.4, -0.2) is 47.8 Å². The van der Waals surface area contributed by atoms with Crippen molar-refractivity contribution in [3.63, 3.8) is 0 Å². The predicted octanol–water partition coefficient (Wildman–Crippen LogP) is 2.00. The van der Waals surface area contributed by atoms with Crippen LogP contribution in [0.4, 0.5) is 17.6 Å². The topological polar surface area (TPSA) is 52.6 Å². The second-order valence-electron chi connectivity index (χ2n) is 5.73. The van der Waals surface area contributed by atoms with Gasteiger partial charge in [-0.25, -0.2) is 4.39 Å². The molecule has 2 unspecified atom stereocenters. The predicted molar refractivity (Wildman–Crippen MR) is 75.0 cm³/mol. The van der Waals surface area contributed by atoms with Crippen molar-refractivity contribution in [2.24, 2.45) is 0 Å². The third-order valence-corrected chi connectivity index (χ3v) is 3.64. The van der Waals surface area contributed by atoms with Gasteiger partial charge in [0.25, 0.3) is 0 Å². The fraction of sp³-hybridized carbons (Fsp3) is 0.533. The number of hydrogen-bond acceptors (Lipinski definition) is 3. The van der Waals surface area contributed by atoms with Gasteiger partial charge in [0.2, 0.25) is 5.91 Å². The van der Waals surface area contributed by atoms with Crippen molar-refractivity contribution in [3.05, 3.63) is 35.6 Å². The second kappa shape index (κ2) is 6.84. The number of amides is 1. The lowest BCUT2D eigenvalue weighted by molar-refractivity contribution is -0.208. The van der Waals surface area contributed by atoms with Gasteiger partial charge in [-0.2, -0.15) is 13.2 Å². The van der Waals surface area contributed by atoms with Gasteiger partial charge in [0.15, 0.2) is 6.10 Å². The Labute approximate surface area is 131 Å². The molecular weight excluding hydrogens is 316 g/mol. The highest BCUT2D eigenvalue weighted by molar-refractivity contribution is 5.83. The molecule has 2 atom stereocenters. The van der Waals surface area contributed by atoms with E-state index in [0.717, 1.165) is 29.9 Å². The summed E-state index contributed by atoms with van der Waals surface area (Å²) in [7, 11) is 1.31. The summed E-state index contributed by atoms with van der Waals surface area (Å²) in [6.45, 7) is -0.760. The summed E-state index contributed by atoms with van der Waals surface area (Å²) in [5, 5.41) is 11.9. The van der Waals surface area contributed by atoms with E-state index >= 15 is 0 Å². The first-order valence-electron chi connectivity index (χ1n) is 7.19. The van der Waals surface area contributed by atoms with Crippen LogP contribution in [0.25, 0.3) is 0 Å². The Bertz CT molecular complexity index is 543. The van der Waals surface area contributed by atoms with Gasteiger partial charge in [-0.15, -0.1) is 0 Å². The van der Waals surface area contributed by atoms with Crippen LogP contribution in [0.5, 0.6) is 0 Å². The van der Waals surface area contributed by atoms with Crippen LogP contribution in [0, 0.1) is 5.82 Å². The van der Waals surface area contributed by atoms with Gasteiger partial charge in [-0.3, -0.25) is 9.69 Å². The normalized spacial score (nSPS) is 17.9. The molecule has 0 aromatic heterocycles. The molecule has 1 aromatic rings. The number of carbonyl (C=O) groups excluding carboxylic acids is 1. The van der Waals surface area contributed by atoms with Crippen LogP contribution >= 0.6 is 0 Å². The Morgan fingerprint density at radius 3 is 2.39 bits per heavy atom. The summed E-state index contributed by atoms with van der Waals surface area (Å²) in [6, 6.07) is 3.98. The molecule has 4 nitrogen and oxygen atoms in total. The Morgan fingerprint density at radius 1 is 1.35 bits per heavy atom. The standard InChI is InChI=1S/C15H18F4N2O2/c1-21(8-12(22)15(17,18)19)13(14(23)20-11-6-7-11)9-2-4-10(16)5-3-9/h2-5,11-13,22H,6-8H2,1H3,(H,20,23). The van der Waals surface area contributed by atoms with Crippen molar-refractivity contribution in [2.75, 3.05) is 13.6 Å². The van der Waals surface area contributed by atoms with Crippen LogP contribution in [0.1, 0.15) is 24.4 Å². The molecule has 0 aliphatic heterocycles. The quantitative estimate of drug-likeness (QED) is 0.783. The molecular formula is C15H18F4N2O2. The molecule has 23 heavy (non-hydrogen) atoms. The van der Waals surface area contributed by atoms with E-state index < -0.39 is 36.6 Å². The van der Waals surface area contributed by atoms with E-state index in [1.807, 2.05) is 0 Å². The number of aliphatic hydroxyl groups excluding tert-OH is 1. The maximum absolute atomic E-state index is 13.0.